The summed E-state index contributed by atoms with van der Waals surface area (Å²) in [7, 11) is 0. The van der Waals surface area contributed by atoms with Gasteiger partial charge in [0.05, 0.1) is 5.69 Å². The van der Waals surface area contributed by atoms with Crippen molar-refractivity contribution in [3.05, 3.63) is 95.3 Å². The van der Waals surface area contributed by atoms with Crippen LogP contribution in [-0.4, -0.2) is 16.8 Å². The molecule has 1 saturated carbocycles. The van der Waals surface area contributed by atoms with Gasteiger partial charge in [-0.15, -0.1) is 0 Å². The number of benzene rings is 2. The first-order chi connectivity index (χ1) is 15.4. The Morgan fingerprint density at radius 2 is 1.62 bits per heavy atom. The Hall–Kier alpha value is -3.28. The molecule has 1 aliphatic carbocycles. The summed E-state index contributed by atoms with van der Waals surface area (Å²) in [6, 6.07) is 20.5. The lowest BCUT2D eigenvalue weighted by atomic mass is 9.65. The van der Waals surface area contributed by atoms with E-state index in [-0.39, 0.29) is 12.8 Å². The normalized spacial score (nSPS) is 16.9. The number of hydrogen-bond donors (Lipinski definition) is 1. The highest BCUT2D eigenvalue weighted by molar-refractivity contribution is 5.92. The van der Waals surface area contributed by atoms with Crippen molar-refractivity contribution in [3.63, 3.8) is 0 Å². The van der Waals surface area contributed by atoms with Gasteiger partial charge < -0.3 is 10.5 Å². The summed E-state index contributed by atoms with van der Waals surface area (Å²) in [6.45, 7) is 0.365. The fourth-order valence-corrected chi connectivity index (χ4v) is 4.38. The summed E-state index contributed by atoms with van der Waals surface area (Å²) in [5, 5.41) is 0. The zero-order valence-electron chi connectivity index (χ0n) is 17.8. The van der Waals surface area contributed by atoms with Gasteiger partial charge in [-0.05, 0) is 72.2 Å². The maximum Gasteiger partial charge on any atom is 0.248 e. The Bertz CT molecular complexity index is 1040. The topological polar surface area (TPSA) is 65.2 Å². The Labute approximate surface area is 186 Å². The minimum atomic E-state index is -2.62. The Morgan fingerprint density at radius 1 is 0.938 bits per heavy atom. The van der Waals surface area contributed by atoms with Crippen molar-refractivity contribution < 1.29 is 18.3 Å². The van der Waals surface area contributed by atoms with Gasteiger partial charge in [-0.1, -0.05) is 30.3 Å². The molecule has 1 aromatic heterocycles. The lowest BCUT2D eigenvalue weighted by Crippen LogP contribution is -2.38. The highest BCUT2D eigenvalue weighted by Crippen LogP contribution is 2.47. The lowest BCUT2D eigenvalue weighted by molar-refractivity contribution is -0.0521. The summed E-state index contributed by atoms with van der Waals surface area (Å²) < 4.78 is 33.8. The third kappa shape index (κ3) is 5.13. The van der Waals surface area contributed by atoms with Crippen LogP contribution in [0.25, 0.3) is 0 Å². The van der Waals surface area contributed by atoms with Crippen molar-refractivity contribution in [2.45, 2.75) is 50.0 Å². The van der Waals surface area contributed by atoms with Crippen LogP contribution in [0.3, 0.4) is 0 Å². The molecule has 32 heavy (non-hydrogen) atoms. The molecule has 4 nitrogen and oxygen atoms in total. The molecular formula is C26H26F2N2O2. The van der Waals surface area contributed by atoms with Crippen LogP contribution in [0.2, 0.25) is 0 Å². The van der Waals surface area contributed by atoms with Crippen molar-refractivity contribution in [1.29, 1.82) is 0 Å². The number of nitrogens with two attached hydrogens (primary N) is 1. The van der Waals surface area contributed by atoms with Gasteiger partial charge in [-0.3, -0.25) is 9.78 Å². The second-order valence-corrected chi connectivity index (χ2v) is 8.51. The fraction of sp³-hybridized carbons (Fsp3) is 0.308. The second-order valence-electron chi connectivity index (χ2n) is 8.51. The van der Waals surface area contributed by atoms with Gasteiger partial charge in [-0.2, -0.15) is 0 Å². The monoisotopic (exact) mass is 436 g/mol. The van der Waals surface area contributed by atoms with E-state index in [1.807, 2.05) is 54.6 Å². The number of alkyl halides is 2. The molecule has 0 atom stereocenters. The molecule has 4 rings (SSSR count). The second kappa shape index (κ2) is 9.07. The fourth-order valence-electron chi connectivity index (χ4n) is 4.38. The van der Waals surface area contributed by atoms with Crippen LogP contribution in [-0.2, 0) is 18.4 Å². The SMILES string of the molecule is NC(=O)c1ccc(CC2(c3ccc(OCc4ccccn4)cc3)CCC(F)(F)CC2)cc1. The van der Waals surface area contributed by atoms with E-state index in [4.69, 9.17) is 10.5 Å². The van der Waals surface area contributed by atoms with E-state index >= 15 is 0 Å². The predicted molar refractivity (Wildman–Crippen MR) is 119 cm³/mol. The smallest absolute Gasteiger partial charge is 0.248 e. The Balaban J connectivity index is 1.54. The van der Waals surface area contributed by atoms with Gasteiger partial charge in [0.25, 0.3) is 0 Å². The number of primary amides is 1. The average Bonchev–Trinajstić information content (AvgIpc) is 2.81. The molecule has 3 aromatic rings. The number of amides is 1. The molecular weight excluding hydrogens is 410 g/mol. The minimum Gasteiger partial charge on any atom is -0.487 e. The van der Waals surface area contributed by atoms with E-state index in [9.17, 15) is 13.6 Å². The number of ether oxygens (including phenoxy) is 1. The van der Waals surface area contributed by atoms with Crippen LogP contribution < -0.4 is 10.5 Å². The number of carbonyl (C=O) groups excluding carboxylic acids is 1. The third-order valence-electron chi connectivity index (χ3n) is 6.30. The van der Waals surface area contributed by atoms with Crippen molar-refractivity contribution in [3.8, 4) is 5.75 Å². The van der Waals surface area contributed by atoms with Crippen molar-refractivity contribution >= 4 is 5.91 Å². The van der Waals surface area contributed by atoms with Gasteiger partial charge in [0.1, 0.15) is 12.4 Å². The Kier molecular flexibility index (Phi) is 6.21. The molecule has 0 bridgehead atoms. The first-order valence-electron chi connectivity index (χ1n) is 10.8. The third-order valence-corrected chi connectivity index (χ3v) is 6.30. The van der Waals surface area contributed by atoms with Crippen LogP contribution in [0.5, 0.6) is 5.75 Å². The minimum absolute atomic E-state index is 0.135. The number of carbonyl (C=O) groups is 1. The van der Waals surface area contributed by atoms with Gasteiger partial charge in [0.15, 0.2) is 0 Å². The van der Waals surface area contributed by atoms with Gasteiger partial charge in [-0.25, -0.2) is 8.78 Å². The van der Waals surface area contributed by atoms with E-state index < -0.39 is 17.2 Å². The van der Waals surface area contributed by atoms with Crippen LogP contribution >= 0.6 is 0 Å². The first-order valence-corrected chi connectivity index (χ1v) is 10.8. The van der Waals surface area contributed by atoms with E-state index in [2.05, 4.69) is 4.98 Å². The number of pyridine rings is 1. The predicted octanol–water partition coefficient (Wildman–Crippen LogP) is 5.45. The number of hydrogen-bond acceptors (Lipinski definition) is 3. The summed E-state index contributed by atoms with van der Waals surface area (Å²) in [6.07, 6.45) is 2.86. The van der Waals surface area contributed by atoms with E-state index in [0.717, 1.165) is 16.8 Å². The molecule has 0 saturated heterocycles. The van der Waals surface area contributed by atoms with Crippen molar-refractivity contribution in [2.24, 2.45) is 5.73 Å². The maximum absolute atomic E-state index is 14.0. The zero-order chi connectivity index (χ0) is 22.6. The largest absolute Gasteiger partial charge is 0.487 e. The lowest BCUT2D eigenvalue weighted by Gasteiger charge is -2.41. The first kappa shape index (κ1) is 21.9. The number of nitrogens with zero attached hydrogens (tertiary/aromatic N) is 1. The summed E-state index contributed by atoms with van der Waals surface area (Å²) in [5.41, 5.74) is 8.23. The van der Waals surface area contributed by atoms with Crippen LogP contribution in [0.15, 0.2) is 72.9 Å². The number of halogens is 2. The summed E-state index contributed by atoms with van der Waals surface area (Å²) in [4.78, 5) is 15.6. The number of aromatic nitrogens is 1. The molecule has 2 aromatic carbocycles. The Morgan fingerprint density at radius 3 is 2.22 bits per heavy atom. The average molecular weight is 437 g/mol. The van der Waals surface area contributed by atoms with E-state index in [1.54, 1.807) is 18.3 Å². The molecule has 0 spiro atoms. The van der Waals surface area contributed by atoms with Gasteiger partial charge >= 0.3 is 0 Å². The molecule has 0 unspecified atom stereocenters. The summed E-state index contributed by atoms with van der Waals surface area (Å²) >= 11 is 0. The molecule has 166 valence electrons. The van der Waals surface area contributed by atoms with E-state index in [0.29, 0.717) is 37.2 Å². The molecule has 0 radical (unpaired) electrons. The number of rotatable bonds is 7. The maximum atomic E-state index is 14.0. The standard InChI is InChI=1S/C26H26F2N2O2/c27-26(28)14-12-25(13-15-26,17-19-4-6-20(7-5-19)24(29)31)21-8-10-23(11-9-21)32-18-22-3-1-2-16-30-22/h1-11,16H,12-15,17-18H2,(H2,29,31). The molecule has 1 heterocycles. The van der Waals surface area contributed by atoms with Crippen LogP contribution in [0, 0.1) is 0 Å². The van der Waals surface area contributed by atoms with Crippen LogP contribution in [0.4, 0.5) is 8.78 Å². The van der Waals surface area contributed by atoms with Crippen molar-refractivity contribution in [2.75, 3.05) is 0 Å². The molecule has 0 aliphatic heterocycles. The van der Waals surface area contributed by atoms with Crippen molar-refractivity contribution in [1.82, 2.24) is 4.98 Å². The highest BCUT2D eigenvalue weighted by atomic mass is 19.3. The van der Waals surface area contributed by atoms with Gasteiger partial charge in [0.2, 0.25) is 11.8 Å². The molecule has 1 fully saturated rings. The molecule has 2 N–H and O–H groups in total. The highest BCUT2D eigenvalue weighted by Gasteiger charge is 2.44. The molecule has 1 aliphatic rings. The van der Waals surface area contributed by atoms with Gasteiger partial charge in [0, 0.05) is 24.6 Å². The molecule has 1 amide bonds. The summed E-state index contributed by atoms with van der Waals surface area (Å²) in [5.74, 6) is -2.39. The quantitative estimate of drug-likeness (QED) is 0.536. The van der Waals surface area contributed by atoms with Crippen LogP contribution in [0.1, 0.15) is 52.9 Å². The zero-order valence-corrected chi connectivity index (χ0v) is 17.8. The van der Waals surface area contributed by atoms with E-state index in [1.165, 1.54) is 0 Å². The molecule has 6 heteroatoms.